The molecule has 0 radical (unpaired) electrons. The lowest BCUT2D eigenvalue weighted by Crippen LogP contribution is -2.15. The third kappa shape index (κ3) is 3.32. The van der Waals surface area contributed by atoms with Crippen LogP contribution < -0.4 is 11.1 Å². The molecule has 1 aromatic heterocycles. The van der Waals surface area contributed by atoms with E-state index >= 15 is 0 Å². The van der Waals surface area contributed by atoms with E-state index in [0.717, 1.165) is 26.4 Å². The first-order valence-corrected chi connectivity index (χ1v) is 7.84. The highest BCUT2D eigenvalue weighted by Crippen LogP contribution is 2.28. The van der Waals surface area contributed by atoms with Gasteiger partial charge < -0.3 is 11.1 Å². The van der Waals surface area contributed by atoms with Crippen molar-refractivity contribution in [2.45, 2.75) is 19.9 Å². The molecule has 1 aromatic carbocycles. The van der Waals surface area contributed by atoms with Crippen LogP contribution in [0.15, 0.2) is 28.1 Å². The van der Waals surface area contributed by atoms with Crippen LogP contribution in [-0.2, 0) is 0 Å². The Morgan fingerprint density at radius 2 is 2.26 bits per heavy atom. The molecule has 0 bridgehead atoms. The van der Waals surface area contributed by atoms with Gasteiger partial charge in [0.05, 0.1) is 6.04 Å². The van der Waals surface area contributed by atoms with Gasteiger partial charge in [0.2, 0.25) is 0 Å². The molecule has 0 amide bonds. The van der Waals surface area contributed by atoms with Crippen molar-refractivity contribution in [3.8, 4) is 0 Å². The number of nitrogens with one attached hydrogen (secondary N) is 1. The van der Waals surface area contributed by atoms with Gasteiger partial charge in [-0.15, -0.1) is 11.3 Å². The molecule has 3 N–H and O–H groups in total. The number of anilines is 1. The second-order valence-corrected chi connectivity index (χ2v) is 6.40. The topological polar surface area (TPSA) is 50.9 Å². The summed E-state index contributed by atoms with van der Waals surface area (Å²) in [5, 5.41) is 6.50. The summed E-state index contributed by atoms with van der Waals surface area (Å²) in [6.07, 6.45) is 0. The molecule has 1 atom stereocenters. The van der Waals surface area contributed by atoms with Gasteiger partial charge in [-0.1, -0.05) is 18.3 Å². The number of aryl methyl sites for hydroxylation is 1. The number of nitrogens with two attached hydrogens (primary N) is 1. The summed E-state index contributed by atoms with van der Waals surface area (Å²) < 4.78 is 0.896. The minimum atomic E-state index is 0.112. The fourth-order valence-electron chi connectivity index (χ4n) is 1.76. The van der Waals surface area contributed by atoms with Crippen molar-refractivity contribution < 1.29 is 0 Å². The Labute approximate surface area is 130 Å². The number of rotatable bonds is 4. The molecule has 3 nitrogen and oxygen atoms in total. The third-order valence-corrected chi connectivity index (χ3v) is 4.65. The van der Waals surface area contributed by atoms with Crippen LogP contribution in [0.4, 0.5) is 5.69 Å². The van der Waals surface area contributed by atoms with Gasteiger partial charge in [0.1, 0.15) is 10.00 Å². The summed E-state index contributed by atoms with van der Waals surface area (Å²) >= 11 is 10.2. The Kier molecular flexibility index (Phi) is 4.54. The molecule has 100 valence electrons. The van der Waals surface area contributed by atoms with Gasteiger partial charge in [-0.3, -0.25) is 0 Å². The molecule has 0 aliphatic heterocycles. The largest absolute Gasteiger partial charge is 0.389 e. The zero-order valence-corrected chi connectivity index (χ0v) is 13.8. The van der Waals surface area contributed by atoms with Crippen LogP contribution in [0.25, 0.3) is 0 Å². The molecule has 1 heterocycles. The maximum Gasteiger partial charge on any atom is 0.115 e. The molecule has 6 heteroatoms. The number of hydrogen-bond donors (Lipinski definition) is 2. The van der Waals surface area contributed by atoms with Crippen molar-refractivity contribution in [3.63, 3.8) is 0 Å². The lowest BCUT2D eigenvalue weighted by Gasteiger charge is -2.17. The van der Waals surface area contributed by atoms with Gasteiger partial charge in [-0.05, 0) is 41.9 Å². The number of benzene rings is 1. The quantitative estimate of drug-likeness (QED) is 0.813. The van der Waals surface area contributed by atoms with Crippen LogP contribution in [0.2, 0.25) is 0 Å². The molecular weight excluding hydrogens is 342 g/mol. The minimum absolute atomic E-state index is 0.112. The number of aromatic nitrogens is 1. The molecule has 1 unspecified atom stereocenters. The SMILES string of the molecule is Cc1csc(C(C)Nc2cccc(Br)c2C(N)=S)n1. The Bertz CT molecular complexity index is 610. The van der Waals surface area contributed by atoms with Crippen molar-refractivity contribution in [2.75, 3.05) is 5.32 Å². The molecule has 19 heavy (non-hydrogen) atoms. The average Bonchev–Trinajstić information content (AvgIpc) is 2.75. The third-order valence-electron chi connectivity index (χ3n) is 2.64. The van der Waals surface area contributed by atoms with E-state index in [9.17, 15) is 0 Å². The predicted molar refractivity (Wildman–Crippen MR) is 88.9 cm³/mol. The fourth-order valence-corrected chi connectivity index (χ4v) is 3.50. The summed E-state index contributed by atoms with van der Waals surface area (Å²) in [5.74, 6) is 0. The molecular formula is C13H14BrN3S2. The number of hydrogen-bond acceptors (Lipinski definition) is 4. The monoisotopic (exact) mass is 355 g/mol. The van der Waals surface area contributed by atoms with Crippen molar-refractivity contribution in [2.24, 2.45) is 5.73 Å². The molecule has 0 saturated carbocycles. The van der Waals surface area contributed by atoms with E-state index in [1.807, 2.05) is 30.5 Å². The molecule has 2 rings (SSSR count). The van der Waals surface area contributed by atoms with Gasteiger partial charge in [-0.25, -0.2) is 4.98 Å². The van der Waals surface area contributed by atoms with Crippen molar-refractivity contribution >= 4 is 50.2 Å². The van der Waals surface area contributed by atoms with Gasteiger partial charge in [0, 0.05) is 26.8 Å². The van der Waals surface area contributed by atoms with E-state index in [-0.39, 0.29) is 6.04 Å². The summed E-state index contributed by atoms with van der Waals surface area (Å²) in [6, 6.07) is 5.96. The van der Waals surface area contributed by atoms with Gasteiger partial charge in [0.25, 0.3) is 0 Å². The van der Waals surface area contributed by atoms with E-state index < -0.39 is 0 Å². The van der Waals surface area contributed by atoms with Crippen LogP contribution in [0.5, 0.6) is 0 Å². The molecule has 2 aromatic rings. The number of thiazole rings is 1. The van der Waals surface area contributed by atoms with Crippen molar-refractivity contribution in [1.29, 1.82) is 0 Å². The molecule has 0 aliphatic rings. The number of nitrogens with zero attached hydrogens (tertiary/aromatic N) is 1. The highest BCUT2D eigenvalue weighted by atomic mass is 79.9. The molecule has 0 fully saturated rings. The van der Waals surface area contributed by atoms with E-state index in [1.165, 1.54) is 0 Å². The Morgan fingerprint density at radius 1 is 1.53 bits per heavy atom. The van der Waals surface area contributed by atoms with Crippen molar-refractivity contribution in [1.82, 2.24) is 4.98 Å². The van der Waals surface area contributed by atoms with E-state index in [0.29, 0.717) is 4.99 Å². The van der Waals surface area contributed by atoms with Gasteiger partial charge >= 0.3 is 0 Å². The van der Waals surface area contributed by atoms with Crippen LogP contribution >= 0.6 is 39.5 Å². The van der Waals surface area contributed by atoms with Gasteiger partial charge in [0.15, 0.2) is 0 Å². The molecule has 0 aliphatic carbocycles. The second kappa shape index (κ2) is 5.98. The first-order valence-electron chi connectivity index (χ1n) is 5.76. The van der Waals surface area contributed by atoms with Crippen LogP contribution in [0, 0.1) is 6.92 Å². The maximum atomic E-state index is 5.78. The standard InChI is InChI=1S/C13H14BrN3S2/c1-7-6-19-13(16-7)8(2)17-10-5-3-4-9(14)11(10)12(15)18/h3-6,8,17H,1-2H3,(H2,15,18). The van der Waals surface area contributed by atoms with Crippen LogP contribution in [0.1, 0.15) is 29.2 Å². The van der Waals surface area contributed by atoms with Crippen molar-refractivity contribution in [3.05, 3.63) is 44.3 Å². The zero-order chi connectivity index (χ0) is 14.0. The minimum Gasteiger partial charge on any atom is -0.389 e. The Balaban J connectivity index is 2.28. The second-order valence-electron chi connectivity index (χ2n) is 4.22. The Hall–Kier alpha value is -0.980. The molecule has 0 saturated heterocycles. The van der Waals surface area contributed by atoms with E-state index in [2.05, 4.69) is 33.2 Å². The predicted octanol–water partition coefficient (Wildman–Crippen LogP) is 4.02. The first kappa shape index (κ1) is 14.4. The maximum absolute atomic E-state index is 5.78. The van der Waals surface area contributed by atoms with Crippen LogP contribution in [0.3, 0.4) is 0 Å². The fraction of sp³-hybridized carbons (Fsp3) is 0.231. The number of thiocarbonyl (C=S) groups is 1. The highest BCUT2D eigenvalue weighted by molar-refractivity contribution is 9.10. The highest BCUT2D eigenvalue weighted by Gasteiger charge is 2.14. The smallest absolute Gasteiger partial charge is 0.115 e. The summed E-state index contributed by atoms with van der Waals surface area (Å²) in [7, 11) is 0. The van der Waals surface area contributed by atoms with E-state index in [4.69, 9.17) is 18.0 Å². The summed E-state index contributed by atoms with van der Waals surface area (Å²) in [5.41, 5.74) is 8.57. The summed E-state index contributed by atoms with van der Waals surface area (Å²) in [4.78, 5) is 4.86. The Morgan fingerprint density at radius 3 is 2.84 bits per heavy atom. The lowest BCUT2D eigenvalue weighted by molar-refractivity contribution is 0.863. The molecule has 0 spiro atoms. The normalized spacial score (nSPS) is 12.2. The van der Waals surface area contributed by atoms with Crippen LogP contribution in [-0.4, -0.2) is 9.97 Å². The van der Waals surface area contributed by atoms with E-state index in [1.54, 1.807) is 11.3 Å². The summed E-state index contributed by atoms with van der Waals surface area (Å²) in [6.45, 7) is 4.06. The number of halogens is 1. The zero-order valence-electron chi connectivity index (χ0n) is 10.6. The lowest BCUT2D eigenvalue weighted by atomic mass is 10.1. The van der Waals surface area contributed by atoms with Gasteiger partial charge in [-0.2, -0.15) is 0 Å². The first-order chi connectivity index (χ1) is 8.99. The average molecular weight is 356 g/mol.